The predicted molar refractivity (Wildman–Crippen MR) is 107 cm³/mol. The van der Waals surface area contributed by atoms with E-state index in [0.29, 0.717) is 12.5 Å². The molecule has 0 fully saturated rings. The van der Waals surface area contributed by atoms with E-state index in [-0.39, 0.29) is 0 Å². The number of fused-ring (bicyclic) bond motifs is 1. The first-order chi connectivity index (χ1) is 12.6. The lowest BCUT2D eigenvalue weighted by molar-refractivity contribution is 0.188. The third-order valence-electron chi connectivity index (χ3n) is 4.90. The number of aryl methyl sites for hydroxylation is 1. The highest BCUT2D eigenvalue weighted by Gasteiger charge is 2.18. The number of hydrogen-bond acceptors (Lipinski definition) is 3. The molecule has 0 atom stereocenters. The molecule has 3 rings (SSSR count). The molecule has 2 aromatic carbocycles. The molecule has 138 valence electrons. The van der Waals surface area contributed by atoms with Gasteiger partial charge < -0.3 is 14.0 Å². The van der Waals surface area contributed by atoms with Crippen LogP contribution in [0.25, 0.3) is 22.4 Å². The summed E-state index contributed by atoms with van der Waals surface area (Å²) in [4.78, 5) is 5.02. The molecule has 1 heterocycles. The van der Waals surface area contributed by atoms with Gasteiger partial charge in [0.25, 0.3) is 0 Å². The van der Waals surface area contributed by atoms with Crippen LogP contribution in [0.15, 0.2) is 36.4 Å². The summed E-state index contributed by atoms with van der Waals surface area (Å²) >= 11 is 0. The fourth-order valence-electron chi connectivity index (χ4n) is 3.35. The first-order valence-corrected chi connectivity index (χ1v) is 9.26. The van der Waals surface area contributed by atoms with Crippen molar-refractivity contribution in [3.8, 4) is 17.1 Å². The van der Waals surface area contributed by atoms with Crippen LogP contribution in [0.5, 0.6) is 5.75 Å². The molecule has 0 saturated heterocycles. The summed E-state index contributed by atoms with van der Waals surface area (Å²) in [5, 5.41) is 0. The number of ether oxygens (including phenoxy) is 2. The number of aromatic nitrogens is 2. The molecule has 4 nitrogen and oxygen atoms in total. The molecule has 0 bridgehead atoms. The Morgan fingerprint density at radius 1 is 1.04 bits per heavy atom. The summed E-state index contributed by atoms with van der Waals surface area (Å²) in [7, 11) is 3.44. The van der Waals surface area contributed by atoms with Crippen LogP contribution in [0.1, 0.15) is 37.8 Å². The minimum atomic E-state index is 0.517. The minimum absolute atomic E-state index is 0.517. The Morgan fingerprint density at radius 2 is 1.77 bits per heavy atom. The molecule has 0 aliphatic heterocycles. The van der Waals surface area contributed by atoms with Crippen molar-refractivity contribution in [2.75, 3.05) is 20.8 Å². The van der Waals surface area contributed by atoms with Crippen LogP contribution in [0.4, 0.5) is 0 Å². The van der Waals surface area contributed by atoms with Crippen molar-refractivity contribution in [3.05, 3.63) is 47.5 Å². The van der Waals surface area contributed by atoms with Crippen molar-refractivity contribution in [1.29, 1.82) is 0 Å². The Hall–Kier alpha value is -2.33. The van der Waals surface area contributed by atoms with Crippen LogP contribution in [0.2, 0.25) is 0 Å². The topological polar surface area (TPSA) is 36.3 Å². The van der Waals surface area contributed by atoms with Crippen molar-refractivity contribution in [2.45, 2.75) is 39.7 Å². The second kappa shape index (κ2) is 7.92. The Morgan fingerprint density at radius 3 is 2.35 bits per heavy atom. The molecule has 1 aromatic heterocycles. The second-order valence-electron chi connectivity index (χ2n) is 6.83. The van der Waals surface area contributed by atoms with Crippen LogP contribution in [0.3, 0.4) is 0 Å². The van der Waals surface area contributed by atoms with Crippen LogP contribution in [-0.4, -0.2) is 30.4 Å². The minimum Gasteiger partial charge on any atom is -0.494 e. The van der Waals surface area contributed by atoms with E-state index in [1.54, 1.807) is 14.2 Å². The third kappa shape index (κ3) is 3.34. The number of methoxy groups -OCH3 is 2. The molecule has 3 aromatic rings. The van der Waals surface area contributed by atoms with Crippen molar-refractivity contribution in [3.63, 3.8) is 0 Å². The quantitative estimate of drug-likeness (QED) is 0.597. The van der Waals surface area contributed by atoms with E-state index < -0.39 is 0 Å². The molecule has 0 saturated carbocycles. The fourth-order valence-corrected chi connectivity index (χ4v) is 3.35. The van der Waals surface area contributed by atoms with E-state index in [4.69, 9.17) is 14.5 Å². The Balaban J connectivity index is 2.23. The van der Waals surface area contributed by atoms with E-state index >= 15 is 0 Å². The molecule has 0 unspecified atom stereocenters. The molecular formula is C22H28N2O2. The molecule has 26 heavy (non-hydrogen) atoms. The van der Waals surface area contributed by atoms with E-state index in [0.717, 1.165) is 41.1 Å². The molecule has 0 aliphatic carbocycles. The normalized spacial score (nSPS) is 11.5. The average molecular weight is 352 g/mol. The molecule has 0 aliphatic rings. The predicted octanol–water partition coefficient (Wildman–Crippen LogP) is 5.04. The summed E-state index contributed by atoms with van der Waals surface area (Å²) in [5.74, 6) is 2.33. The maximum Gasteiger partial charge on any atom is 0.144 e. The number of imidazole rings is 1. The van der Waals surface area contributed by atoms with Gasteiger partial charge in [-0.05, 0) is 29.5 Å². The van der Waals surface area contributed by atoms with Crippen LogP contribution in [-0.2, 0) is 17.7 Å². The van der Waals surface area contributed by atoms with Gasteiger partial charge in [-0.2, -0.15) is 0 Å². The maximum absolute atomic E-state index is 5.65. The van der Waals surface area contributed by atoms with E-state index in [2.05, 4.69) is 55.7 Å². The highest BCUT2D eigenvalue weighted by Crippen LogP contribution is 2.34. The van der Waals surface area contributed by atoms with Crippen molar-refractivity contribution < 1.29 is 9.47 Å². The van der Waals surface area contributed by atoms with Crippen molar-refractivity contribution >= 4 is 11.0 Å². The standard InChI is InChI=1S/C22H28N2O2/c1-6-16-11-12-19(26-5)21-20(16)23-22(24(21)13-14-25-4)18-9-7-17(8-10-18)15(2)3/h7-12,15H,6,13-14H2,1-5H3. The number of hydrogen-bond donors (Lipinski definition) is 0. The summed E-state index contributed by atoms with van der Waals surface area (Å²) in [6.07, 6.45) is 0.938. The first-order valence-electron chi connectivity index (χ1n) is 9.26. The van der Waals surface area contributed by atoms with E-state index in [1.165, 1.54) is 11.1 Å². The Bertz CT molecular complexity index is 879. The van der Waals surface area contributed by atoms with Gasteiger partial charge >= 0.3 is 0 Å². The summed E-state index contributed by atoms with van der Waals surface area (Å²) < 4.78 is 13.2. The van der Waals surface area contributed by atoms with Gasteiger partial charge in [-0.1, -0.05) is 51.1 Å². The summed E-state index contributed by atoms with van der Waals surface area (Å²) in [6, 6.07) is 12.9. The molecule has 4 heteroatoms. The van der Waals surface area contributed by atoms with Gasteiger partial charge in [-0.3, -0.25) is 0 Å². The van der Waals surface area contributed by atoms with Crippen LogP contribution < -0.4 is 4.74 Å². The summed E-state index contributed by atoms with van der Waals surface area (Å²) in [6.45, 7) is 7.94. The summed E-state index contributed by atoms with van der Waals surface area (Å²) in [5.41, 5.74) is 5.75. The van der Waals surface area contributed by atoms with Crippen molar-refractivity contribution in [1.82, 2.24) is 9.55 Å². The van der Waals surface area contributed by atoms with E-state index in [1.807, 2.05) is 6.07 Å². The maximum atomic E-state index is 5.65. The molecule has 0 amide bonds. The monoisotopic (exact) mass is 352 g/mol. The zero-order chi connectivity index (χ0) is 18.7. The number of rotatable bonds is 7. The second-order valence-corrected chi connectivity index (χ2v) is 6.83. The lowest BCUT2D eigenvalue weighted by atomic mass is 10.0. The highest BCUT2D eigenvalue weighted by molar-refractivity contribution is 5.88. The van der Waals surface area contributed by atoms with Gasteiger partial charge in [0.1, 0.15) is 17.1 Å². The smallest absolute Gasteiger partial charge is 0.144 e. The SMILES string of the molecule is CCc1ccc(OC)c2c1nc(-c1ccc(C(C)C)cc1)n2CCOC. The van der Waals surface area contributed by atoms with Gasteiger partial charge in [0, 0.05) is 19.2 Å². The van der Waals surface area contributed by atoms with Gasteiger partial charge in [0.05, 0.1) is 19.2 Å². The third-order valence-corrected chi connectivity index (χ3v) is 4.90. The van der Waals surface area contributed by atoms with E-state index in [9.17, 15) is 0 Å². The lowest BCUT2D eigenvalue weighted by Crippen LogP contribution is -2.07. The van der Waals surface area contributed by atoms with Gasteiger partial charge in [0.2, 0.25) is 0 Å². The molecule has 0 spiro atoms. The molecular weight excluding hydrogens is 324 g/mol. The van der Waals surface area contributed by atoms with Crippen molar-refractivity contribution in [2.24, 2.45) is 0 Å². The highest BCUT2D eigenvalue weighted by atomic mass is 16.5. The zero-order valence-electron chi connectivity index (χ0n) is 16.4. The van der Waals surface area contributed by atoms with Gasteiger partial charge in [-0.15, -0.1) is 0 Å². The van der Waals surface area contributed by atoms with Crippen LogP contribution in [0, 0.1) is 0 Å². The first kappa shape index (κ1) is 18.5. The van der Waals surface area contributed by atoms with Gasteiger partial charge in [0.15, 0.2) is 0 Å². The Labute approximate surface area is 155 Å². The fraction of sp³-hybridized carbons (Fsp3) is 0.409. The van der Waals surface area contributed by atoms with Gasteiger partial charge in [-0.25, -0.2) is 4.98 Å². The molecule has 0 N–H and O–H groups in total. The van der Waals surface area contributed by atoms with Crippen LogP contribution >= 0.6 is 0 Å². The lowest BCUT2D eigenvalue weighted by Gasteiger charge is -2.12. The number of benzene rings is 2. The number of nitrogens with zero attached hydrogens (tertiary/aromatic N) is 2. The largest absolute Gasteiger partial charge is 0.494 e. The zero-order valence-corrected chi connectivity index (χ0v) is 16.4. The molecule has 0 radical (unpaired) electrons. The average Bonchev–Trinajstić information content (AvgIpc) is 3.05. The Kier molecular flexibility index (Phi) is 5.62.